The van der Waals surface area contributed by atoms with Crippen molar-refractivity contribution in [3.05, 3.63) is 70.3 Å². The Morgan fingerprint density at radius 2 is 1.91 bits per heavy atom. The summed E-state index contributed by atoms with van der Waals surface area (Å²) >= 11 is 6.08. The second-order valence-electron chi connectivity index (χ2n) is 9.05. The second kappa shape index (κ2) is 10.2. The van der Waals surface area contributed by atoms with Crippen molar-refractivity contribution < 1.29 is 4.52 Å². The van der Waals surface area contributed by atoms with Gasteiger partial charge >= 0.3 is 0 Å². The van der Waals surface area contributed by atoms with Crippen molar-refractivity contribution in [1.82, 2.24) is 34.4 Å². The first kappa shape index (κ1) is 23.6. The van der Waals surface area contributed by atoms with Gasteiger partial charge in [-0.1, -0.05) is 37.2 Å². The third-order valence-electron chi connectivity index (χ3n) is 6.68. The molecule has 0 N–H and O–H groups in total. The van der Waals surface area contributed by atoms with E-state index in [2.05, 4.69) is 56.6 Å². The molecule has 0 bridgehead atoms. The third-order valence-corrected chi connectivity index (χ3v) is 7.07. The summed E-state index contributed by atoms with van der Waals surface area (Å²) in [4.78, 5) is 11.2. The van der Waals surface area contributed by atoms with Gasteiger partial charge in [0.15, 0.2) is 11.6 Å². The average molecular weight is 490 g/mol. The lowest BCUT2D eigenvalue weighted by molar-refractivity contribution is 0.143. The van der Waals surface area contributed by atoms with Crippen molar-refractivity contribution in [2.45, 2.75) is 59.0 Å². The van der Waals surface area contributed by atoms with E-state index in [4.69, 9.17) is 21.8 Å². The molecule has 0 saturated carbocycles. The molecule has 1 fully saturated rings. The van der Waals surface area contributed by atoms with Crippen LogP contribution in [0.4, 0.5) is 0 Å². The lowest BCUT2D eigenvalue weighted by atomic mass is 9.98. The van der Waals surface area contributed by atoms with Crippen LogP contribution in [0.1, 0.15) is 55.4 Å². The number of piperidine rings is 1. The first-order chi connectivity index (χ1) is 17.1. The molecule has 1 aliphatic heterocycles. The van der Waals surface area contributed by atoms with E-state index >= 15 is 0 Å². The van der Waals surface area contributed by atoms with Crippen LogP contribution in [-0.2, 0) is 19.5 Å². The van der Waals surface area contributed by atoms with E-state index in [-0.39, 0.29) is 5.92 Å². The SMILES string of the molecule is CCc1cccc(CC)c1-n1c(-c2cccnc2)nn(CN2CCCC(c3nc(C)no3)C2)c1=S. The van der Waals surface area contributed by atoms with Crippen molar-refractivity contribution in [2.75, 3.05) is 13.1 Å². The van der Waals surface area contributed by atoms with Crippen molar-refractivity contribution in [2.24, 2.45) is 0 Å². The Balaban J connectivity index is 1.55. The molecule has 5 rings (SSSR count). The smallest absolute Gasteiger partial charge is 0.231 e. The van der Waals surface area contributed by atoms with E-state index in [1.165, 1.54) is 11.1 Å². The van der Waals surface area contributed by atoms with Crippen molar-refractivity contribution in [1.29, 1.82) is 0 Å². The molecule has 1 aliphatic rings. The Kier molecular flexibility index (Phi) is 6.88. The minimum atomic E-state index is 0.228. The van der Waals surface area contributed by atoms with E-state index < -0.39 is 0 Å². The highest BCUT2D eigenvalue weighted by atomic mass is 32.1. The van der Waals surface area contributed by atoms with E-state index in [0.29, 0.717) is 17.3 Å². The van der Waals surface area contributed by atoms with E-state index in [1.54, 1.807) is 6.20 Å². The van der Waals surface area contributed by atoms with Crippen LogP contribution < -0.4 is 0 Å². The van der Waals surface area contributed by atoms with Gasteiger partial charge in [0, 0.05) is 24.5 Å². The topological polar surface area (TPSA) is 77.8 Å². The monoisotopic (exact) mass is 489 g/mol. The summed E-state index contributed by atoms with van der Waals surface area (Å²) < 4.78 is 10.3. The Hall–Kier alpha value is -3.17. The number of hydrogen-bond acceptors (Lipinski definition) is 7. The molecular weight excluding hydrogens is 458 g/mol. The minimum absolute atomic E-state index is 0.228. The zero-order valence-corrected chi connectivity index (χ0v) is 21.3. The number of para-hydroxylation sites is 1. The first-order valence-corrected chi connectivity index (χ1v) is 12.7. The molecule has 3 aromatic heterocycles. The van der Waals surface area contributed by atoms with Crippen LogP contribution in [0.3, 0.4) is 0 Å². The van der Waals surface area contributed by atoms with E-state index in [0.717, 1.165) is 61.7 Å². The van der Waals surface area contributed by atoms with Crippen molar-refractivity contribution >= 4 is 12.2 Å². The van der Waals surface area contributed by atoms with Crippen LogP contribution in [0.15, 0.2) is 47.2 Å². The first-order valence-electron chi connectivity index (χ1n) is 12.3. The standard InChI is InChI=1S/C26H31N7OS/c1-4-19-9-6-10-20(5-2)23(19)33-24(21-11-7-13-27-15-21)29-32(26(33)35)17-31-14-8-12-22(16-31)25-28-18(3)30-34-25/h6-7,9-11,13,15,22H,4-5,8,12,14,16-17H2,1-3H3. The fourth-order valence-electron chi connectivity index (χ4n) is 4.94. The number of benzene rings is 1. The van der Waals surface area contributed by atoms with Crippen LogP contribution >= 0.6 is 12.2 Å². The molecular formula is C26H31N7OS. The Morgan fingerprint density at radius 3 is 2.57 bits per heavy atom. The quantitative estimate of drug-likeness (QED) is 0.334. The van der Waals surface area contributed by atoms with Gasteiger partial charge in [-0.05, 0) is 74.6 Å². The lowest BCUT2D eigenvalue weighted by Gasteiger charge is -2.30. The number of aromatic nitrogens is 6. The normalized spacial score (nSPS) is 16.6. The van der Waals surface area contributed by atoms with E-state index in [9.17, 15) is 0 Å². The summed E-state index contributed by atoms with van der Waals surface area (Å²) in [5, 5.41) is 9.03. The summed E-state index contributed by atoms with van der Waals surface area (Å²) in [7, 11) is 0. The van der Waals surface area contributed by atoms with Gasteiger partial charge in [-0.3, -0.25) is 14.5 Å². The molecule has 0 aliphatic carbocycles. The van der Waals surface area contributed by atoms with E-state index in [1.807, 2.05) is 29.9 Å². The van der Waals surface area contributed by atoms with Gasteiger partial charge in [-0.2, -0.15) is 4.98 Å². The molecule has 1 atom stereocenters. The molecule has 4 aromatic rings. The highest BCUT2D eigenvalue weighted by molar-refractivity contribution is 7.71. The Morgan fingerprint density at radius 1 is 1.11 bits per heavy atom. The largest absolute Gasteiger partial charge is 0.339 e. The van der Waals surface area contributed by atoms with Crippen LogP contribution in [0, 0.1) is 11.7 Å². The molecule has 1 saturated heterocycles. The molecule has 0 spiro atoms. The number of hydrogen-bond donors (Lipinski definition) is 0. The predicted molar refractivity (Wildman–Crippen MR) is 137 cm³/mol. The second-order valence-corrected chi connectivity index (χ2v) is 9.42. The maximum Gasteiger partial charge on any atom is 0.231 e. The molecule has 0 radical (unpaired) electrons. The van der Waals surface area contributed by atoms with Gasteiger partial charge in [-0.25, -0.2) is 4.68 Å². The number of nitrogens with zero attached hydrogens (tertiary/aromatic N) is 7. The highest BCUT2D eigenvalue weighted by Gasteiger charge is 2.27. The summed E-state index contributed by atoms with van der Waals surface area (Å²) in [5.74, 6) is 2.45. The highest BCUT2D eigenvalue weighted by Crippen LogP contribution is 2.29. The maximum atomic E-state index is 6.08. The summed E-state index contributed by atoms with van der Waals surface area (Å²) in [6, 6.07) is 10.5. The van der Waals surface area contributed by atoms with Gasteiger partial charge in [0.1, 0.15) is 0 Å². The fourth-order valence-corrected chi connectivity index (χ4v) is 5.22. The molecule has 9 heteroatoms. The number of likely N-dealkylation sites (tertiary alicyclic amines) is 1. The fraction of sp³-hybridized carbons (Fsp3) is 0.423. The molecule has 35 heavy (non-hydrogen) atoms. The Labute approximate surface area is 210 Å². The summed E-state index contributed by atoms with van der Waals surface area (Å²) in [6.45, 7) is 8.65. The van der Waals surface area contributed by atoms with Gasteiger partial charge in [0.2, 0.25) is 10.7 Å². The van der Waals surface area contributed by atoms with Crippen LogP contribution in [0.25, 0.3) is 17.1 Å². The molecule has 1 aromatic carbocycles. The number of pyridine rings is 1. The maximum absolute atomic E-state index is 6.08. The van der Waals surface area contributed by atoms with Crippen LogP contribution in [-0.4, -0.2) is 47.5 Å². The van der Waals surface area contributed by atoms with Crippen molar-refractivity contribution in [3.8, 4) is 17.1 Å². The van der Waals surface area contributed by atoms with Gasteiger partial charge in [-0.15, -0.1) is 5.10 Å². The van der Waals surface area contributed by atoms with Crippen LogP contribution in [0.2, 0.25) is 0 Å². The summed E-state index contributed by atoms with van der Waals surface area (Å²) in [5.41, 5.74) is 4.61. The van der Waals surface area contributed by atoms with Gasteiger partial charge in [0.05, 0.1) is 18.3 Å². The molecule has 182 valence electrons. The van der Waals surface area contributed by atoms with Gasteiger partial charge < -0.3 is 4.52 Å². The number of aryl methyl sites for hydroxylation is 3. The Bertz CT molecular complexity index is 1340. The molecule has 1 unspecified atom stereocenters. The van der Waals surface area contributed by atoms with Crippen molar-refractivity contribution in [3.63, 3.8) is 0 Å². The van der Waals surface area contributed by atoms with Gasteiger partial charge in [0.25, 0.3) is 0 Å². The zero-order chi connectivity index (χ0) is 24.4. The number of rotatable bonds is 7. The third kappa shape index (κ3) is 4.70. The van der Waals surface area contributed by atoms with Crippen LogP contribution in [0.5, 0.6) is 0 Å². The minimum Gasteiger partial charge on any atom is -0.339 e. The molecule has 8 nitrogen and oxygen atoms in total. The molecule has 0 amide bonds. The average Bonchev–Trinajstić information content (AvgIpc) is 3.47. The molecule has 4 heterocycles. The predicted octanol–water partition coefficient (Wildman–Crippen LogP) is 5.12. The lowest BCUT2D eigenvalue weighted by Crippen LogP contribution is -2.36. The zero-order valence-electron chi connectivity index (χ0n) is 20.5. The summed E-state index contributed by atoms with van der Waals surface area (Å²) in [6.07, 6.45) is 7.58.